The molecular formula is C10H21KN2O. The Hall–Kier alpha value is 1.52. The fourth-order valence-electron chi connectivity index (χ4n) is 1.57. The molecular weight excluding hydrogens is 203 g/mol. The molecule has 0 aliphatic carbocycles. The molecule has 4 heteroatoms. The van der Waals surface area contributed by atoms with Gasteiger partial charge in [-0.05, 0) is 45.9 Å². The van der Waals surface area contributed by atoms with E-state index in [-0.39, 0.29) is 51.4 Å². The molecule has 0 spiro atoms. The minimum absolute atomic E-state index is 0. The first kappa shape index (κ1) is 15.5. The first-order valence-electron chi connectivity index (χ1n) is 5.14. The molecule has 1 N–H and O–H groups in total. The van der Waals surface area contributed by atoms with Crippen LogP contribution in [0.3, 0.4) is 0 Å². The normalized spacial score (nSPS) is 19.3. The van der Waals surface area contributed by atoms with Crippen LogP contribution in [0.2, 0.25) is 0 Å². The number of ether oxygens (including phenoxy) is 1. The van der Waals surface area contributed by atoms with E-state index in [4.69, 9.17) is 4.74 Å². The zero-order valence-electron chi connectivity index (χ0n) is 9.59. The van der Waals surface area contributed by atoms with Gasteiger partial charge in [-0.25, -0.2) is 0 Å². The second-order valence-electron chi connectivity index (χ2n) is 3.65. The van der Waals surface area contributed by atoms with Crippen LogP contribution < -0.4 is 56.7 Å². The van der Waals surface area contributed by atoms with E-state index in [1.165, 1.54) is 0 Å². The quantitative estimate of drug-likeness (QED) is 0.328. The molecule has 0 aromatic carbocycles. The molecule has 1 heterocycles. The Morgan fingerprint density at radius 2 is 2.07 bits per heavy atom. The van der Waals surface area contributed by atoms with Crippen LogP contribution in [0.15, 0.2) is 0 Å². The number of hydrogen-bond acceptors (Lipinski definition) is 3. The maximum absolute atomic E-state index is 5.74. The zero-order valence-corrected chi connectivity index (χ0v) is 12.7. The molecule has 1 fully saturated rings. The maximum atomic E-state index is 5.74. The number of rotatable bonds is 5. The molecule has 1 aliphatic heterocycles. The van der Waals surface area contributed by atoms with Crippen molar-refractivity contribution in [3.8, 4) is 0 Å². The van der Waals surface area contributed by atoms with Crippen LogP contribution in [0.5, 0.6) is 0 Å². The Bertz CT molecular complexity index is 127. The fourth-order valence-corrected chi connectivity index (χ4v) is 1.57. The van der Waals surface area contributed by atoms with Gasteiger partial charge in [0.15, 0.2) is 0 Å². The summed E-state index contributed by atoms with van der Waals surface area (Å²) in [7, 11) is 5.88. The number of hydrogen-bond donors (Lipinski definition) is 1. The minimum atomic E-state index is 0. The first-order chi connectivity index (χ1) is 6.33. The van der Waals surface area contributed by atoms with E-state index in [0.29, 0.717) is 6.10 Å². The van der Waals surface area contributed by atoms with Gasteiger partial charge in [-0.2, -0.15) is 0 Å². The van der Waals surface area contributed by atoms with Crippen LogP contribution in [0.1, 0.15) is 19.3 Å². The molecule has 0 unspecified atom stereocenters. The third-order valence-corrected chi connectivity index (χ3v) is 2.46. The van der Waals surface area contributed by atoms with E-state index in [9.17, 15) is 0 Å². The number of likely N-dealkylation sites (tertiary alicyclic amines) is 1. The van der Waals surface area contributed by atoms with Crippen molar-refractivity contribution in [2.45, 2.75) is 25.4 Å². The third kappa shape index (κ3) is 6.90. The van der Waals surface area contributed by atoms with Gasteiger partial charge in [0.25, 0.3) is 0 Å². The predicted octanol–water partition coefficient (Wildman–Crippen LogP) is -2.13. The second kappa shape index (κ2) is 9.72. The van der Waals surface area contributed by atoms with Crippen LogP contribution in [-0.2, 0) is 4.74 Å². The molecule has 1 aliphatic rings. The van der Waals surface area contributed by atoms with Crippen LogP contribution >= 0.6 is 0 Å². The van der Waals surface area contributed by atoms with E-state index in [0.717, 1.165) is 45.5 Å². The summed E-state index contributed by atoms with van der Waals surface area (Å²) in [5.41, 5.74) is 0. The first-order valence-corrected chi connectivity index (χ1v) is 5.14. The fraction of sp³-hybridized carbons (Fsp3) is 0.900. The Labute approximate surface area is 130 Å². The summed E-state index contributed by atoms with van der Waals surface area (Å²) < 4.78 is 5.74. The van der Waals surface area contributed by atoms with Crippen molar-refractivity contribution < 1.29 is 56.1 Å². The maximum Gasteiger partial charge on any atom is 1.00 e. The Balaban J connectivity index is 0.00000169. The van der Waals surface area contributed by atoms with Gasteiger partial charge in [-0.15, -0.1) is 0 Å². The molecule has 1 rings (SSSR count). The van der Waals surface area contributed by atoms with E-state index >= 15 is 0 Å². The average molecular weight is 224 g/mol. The zero-order chi connectivity index (χ0) is 9.52. The van der Waals surface area contributed by atoms with Gasteiger partial charge in [-0.3, -0.25) is 7.05 Å². The molecule has 78 valence electrons. The van der Waals surface area contributed by atoms with Gasteiger partial charge in [0.2, 0.25) is 0 Å². The van der Waals surface area contributed by atoms with Crippen molar-refractivity contribution in [3.05, 3.63) is 7.05 Å². The summed E-state index contributed by atoms with van der Waals surface area (Å²) in [4.78, 5) is 2.12. The van der Waals surface area contributed by atoms with Crippen molar-refractivity contribution in [1.29, 1.82) is 0 Å². The molecule has 0 aromatic rings. The summed E-state index contributed by atoms with van der Waals surface area (Å²) in [6.07, 6.45) is 3.88. The van der Waals surface area contributed by atoms with Crippen molar-refractivity contribution in [3.63, 3.8) is 0 Å². The van der Waals surface area contributed by atoms with Crippen molar-refractivity contribution in [1.82, 2.24) is 10.2 Å². The summed E-state index contributed by atoms with van der Waals surface area (Å²) in [6.45, 7) is 4.10. The predicted molar refractivity (Wildman–Crippen MR) is 54.4 cm³/mol. The molecule has 0 amide bonds. The van der Waals surface area contributed by atoms with Gasteiger partial charge < -0.3 is 15.0 Å². The molecule has 1 saturated heterocycles. The van der Waals surface area contributed by atoms with Crippen LogP contribution in [-0.4, -0.2) is 44.3 Å². The SMILES string of the molecule is [CH2-]N1CCC(OCCCNC)CC1.[K+]. The standard InChI is InChI=1S/C10H21N2O.K/c1-11-6-3-9-13-10-4-7-12(2)8-5-10;/h10-11H,2-9H2,1H3;/q-1;+1. The van der Waals surface area contributed by atoms with Crippen molar-refractivity contribution >= 4 is 0 Å². The molecule has 0 bridgehead atoms. The molecule has 0 saturated carbocycles. The Morgan fingerprint density at radius 1 is 1.43 bits per heavy atom. The van der Waals surface area contributed by atoms with E-state index in [1.807, 2.05) is 7.05 Å². The summed E-state index contributed by atoms with van der Waals surface area (Å²) in [6, 6.07) is 0. The molecule has 0 aromatic heterocycles. The van der Waals surface area contributed by atoms with Crippen molar-refractivity contribution in [2.75, 3.05) is 33.3 Å². The van der Waals surface area contributed by atoms with Gasteiger partial charge in [0.1, 0.15) is 0 Å². The summed E-state index contributed by atoms with van der Waals surface area (Å²) >= 11 is 0. The molecule has 0 atom stereocenters. The molecule has 3 nitrogen and oxygen atoms in total. The van der Waals surface area contributed by atoms with Gasteiger partial charge in [0, 0.05) is 6.61 Å². The minimum Gasteiger partial charge on any atom is -0.459 e. The van der Waals surface area contributed by atoms with Gasteiger partial charge in [0.05, 0.1) is 6.10 Å². The second-order valence-corrected chi connectivity index (χ2v) is 3.65. The average Bonchev–Trinajstić information content (AvgIpc) is 2.15. The topological polar surface area (TPSA) is 24.5 Å². The number of nitrogens with zero attached hydrogens (tertiary/aromatic N) is 1. The van der Waals surface area contributed by atoms with Gasteiger partial charge in [-0.1, -0.05) is 0 Å². The summed E-state index contributed by atoms with van der Waals surface area (Å²) in [5.74, 6) is 0. The number of piperidine rings is 1. The van der Waals surface area contributed by atoms with Crippen LogP contribution in [0.4, 0.5) is 0 Å². The van der Waals surface area contributed by atoms with E-state index in [2.05, 4.69) is 17.3 Å². The largest absolute Gasteiger partial charge is 1.00 e. The third-order valence-electron chi connectivity index (χ3n) is 2.46. The van der Waals surface area contributed by atoms with E-state index in [1.54, 1.807) is 0 Å². The van der Waals surface area contributed by atoms with Gasteiger partial charge >= 0.3 is 51.4 Å². The van der Waals surface area contributed by atoms with E-state index < -0.39 is 0 Å². The molecule has 0 radical (unpaired) electrons. The smallest absolute Gasteiger partial charge is 0.459 e. The Kier molecular flexibility index (Phi) is 10.8. The van der Waals surface area contributed by atoms with Crippen LogP contribution in [0, 0.1) is 7.05 Å². The number of nitrogens with one attached hydrogen (secondary N) is 1. The Morgan fingerprint density at radius 3 is 2.64 bits per heavy atom. The monoisotopic (exact) mass is 224 g/mol. The van der Waals surface area contributed by atoms with Crippen LogP contribution in [0.25, 0.3) is 0 Å². The molecule has 14 heavy (non-hydrogen) atoms. The van der Waals surface area contributed by atoms with Crippen molar-refractivity contribution in [2.24, 2.45) is 0 Å². The summed E-state index contributed by atoms with van der Waals surface area (Å²) in [5, 5.41) is 3.11.